The molecule has 130 valence electrons. The Morgan fingerprint density at radius 1 is 1.17 bits per heavy atom. The average molecular weight is 326 g/mol. The molecule has 6 heteroatoms. The second-order valence-electron chi connectivity index (χ2n) is 6.03. The average Bonchev–Trinajstić information content (AvgIpc) is 2.59. The number of aliphatic hydroxyl groups excluding tert-OH is 4. The van der Waals surface area contributed by atoms with Crippen molar-refractivity contribution in [3.63, 3.8) is 0 Å². The van der Waals surface area contributed by atoms with Gasteiger partial charge in [-0.1, -0.05) is 38.1 Å². The number of aliphatic hydroxyl groups is 4. The summed E-state index contributed by atoms with van der Waals surface area (Å²) in [5.41, 5.74) is 2.36. The fourth-order valence-corrected chi connectivity index (χ4v) is 2.66. The number of ether oxygens (including phenoxy) is 2. The summed E-state index contributed by atoms with van der Waals surface area (Å²) in [6, 6.07) is 8.19. The monoisotopic (exact) mass is 326 g/mol. The van der Waals surface area contributed by atoms with Crippen molar-refractivity contribution < 1.29 is 29.9 Å². The Hall–Kier alpha value is -1.02. The molecule has 0 saturated carbocycles. The molecule has 0 aliphatic carbocycles. The number of aryl methyl sites for hydroxylation is 1. The second-order valence-corrected chi connectivity index (χ2v) is 6.03. The van der Waals surface area contributed by atoms with Crippen molar-refractivity contribution in [2.75, 3.05) is 13.2 Å². The second kappa shape index (κ2) is 8.19. The topological polar surface area (TPSA) is 99.4 Å². The van der Waals surface area contributed by atoms with E-state index >= 15 is 0 Å². The van der Waals surface area contributed by atoms with E-state index in [1.54, 1.807) is 0 Å². The van der Waals surface area contributed by atoms with Gasteiger partial charge in [-0.25, -0.2) is 0 Å². The minimum atomic E-state index is -1.41. The van der Waals surface area contributed by atoms with Crippen molar-refractivity contribution in [1.29, 1.82) is 0 Å². The molecule has 1 aromatic carbocycles. The van der Waals surface area contributed by atoms with Crippen LogP contribution in [0.1, 0.15) is 30.9 Å². The first-order chi connectivity index (χ1) is 11.0. The van der Waals surface area contributed by atoms with Gasteiger partial charge in [0.2, 0.25) is 0 Å². The van der Waals surface area contributed by atoms with Crippen LogP contribution in [0.4, 0.5) is 0 Å². The quantitative estimate of drug-likeness (QED) is 0.595. The van der Waals surface area contributed by atoms with Crippen LogP contribution in [0.25, 0.3) is 0 Å². The minimum absolute atomic E-state index is 0.0777. The summed E-state index contributed by atoms with van der Waals surface area (Å²) in [6.07, 6.45) is -5.21. The van der Waals surface area contributed by atoms with Crippen molar-refractivity contribution in [3.8, 4) is 0 Å². The van der Waals surface area contributed by atoms with Gasteiger partial charge in [-0.2, -0.15) is 0 Å². The fourth-order valence-electron chi connectivity index (χ4n) is 2.66. The van der Waals surface area contributed by atoms with Gasteiger partial charge in [0.15, 0.2) is 6.29 Å². The van der Waals surface area contributed by atoms with Gasteiger partial charge in [-0.3, -0.25) is 0 Å². The molecule has 6 nitrogen and oxygen atoms in total. The highest BCUT2D eigenvalue weighted by Gasteiger charge is 2.44. The van der Waals surface area contributed by atoms with Crippen molar-refractivity contribution in [2.24, 2.45) is 0 Å². The van der Waals surface area contributed by atoms with E-state index in [4.69, 9.17) is 14.6 Å². The summed E-state index contributed by atoms with van der Waals surface area (Å²) < 4.78 is 10.9. The molecule has 2 rings (SSSR count). The van der Waals surface area contributed by atoms with Crippen LogP contribution in [-0.4, -0.2) is 64.3 Å². The molecule has 1 saturated heterocycles. The SMILES string of the molecule is CCc1cccc(C(C)COC2OC(CO)C(O)C(O)C2O)c1. The molecular weight excluding hydrogens is 300 g/mol. The third-order valence-electron chi connectivity index (χ3n) is 4.29. The highest BCUT2D eigenvalue weighted by Crippen LogP contribution is 2.24. The van der Waals surface area contributed by atoms with Gasteiger partial charge < -0.3 is 29.9 Å². The third kappa shape index (κ3) is 4.29. The summed E-state index contributed by atoms with van der Waals surface area (Å²) >= 11 is 0. The smallest absolute Gasteiger partial charge is 0.186 e. The van der Waals surface area contributed by atoms with Crippen LogP contribution >= 0.6 is 0 Å². The Morgan fingerprint density at radius 2 is 1.91 bits per heavy atom. The first-order valence-corrected chi connectivity index (χ1v) is 7.98. The molecule has 0 aromatic heterocycles. The van der Waals surface area contributed by atoms with E-state index in [9.17, 15) is 15.3 Å². The minimum Gasteiger partial charge on any atom is -0.394 e. The number of hydrogen-bond acceptors (Lipinski definition) is 6. The van der Waals surface area contributed by atoms with E-state index in [-0.39, 0.29) is 12.5 Å². The number of benzene rings is 1. The Morgan fingerprint density at radius 3 is 2.57 bits per heavy atom. The molecule has 6 atom stereocenters. The normalized spacial score (nSPS) is 32.7. The van der Waals surface area contributed by atoms with Crippen LogP contribution in [0.5, 0.6) is 0 Å². The van der Waals surface area contributed by atoms with Gasteiger partial charge in [0.05, 0.1) is 13.2 Å². The van der Waals surface area contributed by atoms with Crippen molar-refractivity contribution in [2.45, 2.75) is 56.9 Å². The summed E-state index contributed by atoms with van der Waals surface area (Å²) in [5, 5.41) is 38.6. The van der Waals surface area contributed by atoms with Crippen LogP contribution in [-0.2, 0) is 15.9 Å². The molecule has 0 radical (unpaired) electrons. The van der Waals surface area contributed by atoms with Crippen LogP contribution in [0.15, 0.2) is 24.3 Å². The highest BCUT2D eigenvalue weighted by molar-refractivity contribution is 5.26. The molecule has 1 aromatic rings. The van der Waals surface area contributed by atoms with Crippen molar-refractivity contribution in [1.82, 2.24) is 0 Å². The van der Waals surface area contributed by atoms with E-state index in [1.807, 2.05) is 19.1 Å². The lowest BCUT2D eigenvalue weighted by atomic mass is 9.98. The molecule has 0 amide bonds. The van der Waals surface area contributed by atoms with E-state index in [1.165, 1.54) is 5.56 Å². The zero-order valence-corrected chi connectivity index (χ0v) is 13.5. The standard InChI is InChI=1S/C17H26O6/c1-3-11-5-4-6-12(7-11)10(2)9-22-17-16(21)15(20)14(19)13(8-18)23-17/h4-7,10,13-21H,3,8-9H2,1-2H3. The lowest BCUT2D eigenvalue weighted by Gasteiger charge is -2.39. The van der Waals surface area contributed by atoms with E-state index in [2.05, 4.69) is 19.1 Å². The Labute approximate surface area is 136 Å². The van der Waals surface area contributed by atoms with Gasteiger partial charge in [0.1, 0.15) is 24.4 Å². The molecule has 1 aliphatic heterocycles. The van der Waals surface area contributed by atoms with Crippen molar-refractivity contribution >= 4 is 0 Å². The lowest BCUT2D eigenvalue weighted by molar-refractivity contribution is -0.301. The summed E-state index contributed by atoms with van der Waals surface area (Å²) in [5.74, 6) is 0.0777. The van der Waals surface area contributed by atoms with Gasteiger partial charge in [-0.05, 0) is 17.5 Å². The van der Waals surface area contributed by atoms with Gasteiger partial charge in [-0.15, -0.1) is 0 Å². The molecule has 0 bridgehead atoms. The molecule has 0 spiro atoms. The first kappa shape index (κ1) is 18.3. The molecular formula is C17H26O6. The Bertz CT molecular complexity index is 492. The molecule has 1 heterocycles. The van der Waals surface area contributed by atoms with E-state index in [0.717, 1.165) is 12.0 Å². The van der Waals surface area contributed by atoms with Crippen molar-refractivity contribution in [3.05, 3.63) is 35.4 Å². The molecule has 1 aliphatic rings. The predicted molar refractivity (Wildman–Crippen MR) is 84.0 cm³/mol. The summed E-state index contributed by atoms with van der Waals surface area (Å²) in [4.78, 5) is 0. The van der Waals surface area contributed by atoms with Crippen LogP contribution < -0.4 is 0 Å². The maximum atomic E-state index is 9.95. The van der Waals surface area contributed by atoms with Gasteiger partial charge in [0, 0.05) is 5.92 Å². The third-order valence-corrected chi connectivity index (χ3v) is 4.29. The van der Waals surface area contributed by atoms with Crippen LogP contribution in [0.2, 0.25) is 0 Å². The zero-order valence-electron chi connectivity index (χ0n) is 13.5. The summed E-state index contributed by atoms with van der Waals surface area (Å²) in [6.45, 7) is 3.92. The Kier molecular flexibility index (Phi) is 6.52. The molecule has 6 unspecified atom stereocenters. The predicted octanol–water partition coefficient (Wildman–Crippen LogP) is 0.169. The van der Waals surface area contributed by atoms with Crippen LogP contribution in [0.3, 0.4) is 0 Å². The maximum absolute atomic E-state index is 9.95. The number of rotatable bonds is 6. The molecule has 23 heavy (non-hydrogen) atoms. The van der Waals surface area contributed by atoms with E-state index < -0.39 is 37.3 Å². The maximum Gasteiger partial charge on any atom is 0.186 e. The Balaban J connectivity index is 1.96. The number of hydrogen-bond donors (Lipinski definition) is 4. The van der Waals surface area contributed by atoms with Gasteiger partial charge in [0.25, 0.3) is 0 Å². The van der Waals surface area contributed by atoms with Crippen LogP contribution in [0, 0.1) is 0 Å². The zero-order chi connectivity index (χ0) is 17.0. The molecule has 1 fully saturated rings. The van der Waals surface area contributed by atoms with Gasteiger partial charge >= 0.3 is 0 Å². The largest absolute Gasteiger partial charge is 0.394 e. The lowest BCUT2D eigenvalue weighted by Crippen LogP contribution is -2.59. The molecule has 4 N–H and O–H groups in total. The van der Waals surface area contributed by atoms with E-state index in [0.29, 0.717) is 0 Å². The summed E-state index contributed by atoms with van der Waals surface area (Å²) in [7, 11) is 0. The fraction of sp³-hybridized carbons (Fsp3) is 0.647. The highest BCUT2D eigenvalue weighted by atomic mass is 16.7. The first-order valence-electron chi connectivity index (χ1n) is 7.98.